The molecule has 6 heteroatoms. The van der Waals surface area contributed by atoms with Crippen LogP contribution in [0.15, 0.2) is 9.82 Å². The smallest absolute Gasteiger partial charge is 0.326 e. The molecule has 0 bridgehead atoms. The molecule has 1 aromatic rings. The lowest BCUT2D eigenvalue weighted by molar-refractivity contribution is 0.267. The van der Waals surface area contributed by atoms with E-state index in [1.165, 1.54) is 4.57 Å². The van der Waals surface area contributed by atoms with Crippen LogP contribution in [-0.4, -0.2) is 14.8 Å². The first-order chi connectivity index (χ1) is 5.52. The Bertz CT molecular complexity index is 365. The number of rotatable bonds is 1. The van der Waals surface area contributed by atoms with Crippen LogP contribution < -0.4 is 11.4 Å². The molecule has 0 aliphatic heterocycles. The maximum atomic E-state index is 11.0. The third kappa shape index (κ3) is 1.53. The van der Waals surface area contributed by atoms with E-state index in [9.17, 15) is 9.59 Å². The zero-order chi connectivity index (χ0) is 9.30. The van der Waals surface area contributed by atoms with Crippen LogP contribution >= 0.6 is 11.8 Å². The Morgan fingerprint density at radius 2 is 2.25 bits per heavy atom. The van der Waals surface area contributed by atoms with Crippen molar-refractivity contribution in [3.8, 4) is 0 Å². The average Bonchev–Trinajstić information content (AvgIpc) is 2.17. The molecule has 0 aliphatic carbocycles. The Hall–Kier alpha value is -1.17. The van der Waals surface area contributed by atoms with Gasteiger partial charge in [-0.3, -0.25) is 9.36 Å². The van der Waals surface area contributed by atoms with Crippen molar-refractivity contribution in [3.63, 3.8) is 0 Å². The molecule has 12 heavy (non-hydrogen) atoms. The van der Waals surface area contributed by atoms with E-state index in [2.05, 4.69) is 4.98 Å². The summed E-state index contributed by atoms with van der Waals surface area (Å²) in [6.45, 7) is 1.74. The highest BCUT2D eigenvalue weighted by molar-refractivity contribution is 8.13. The van der Waals surface area contributed by atoms with Crippen LogP contribution in [0, 0.1) is 6.92 Å². The molecule has 0 fully saturated rings. The van der Waals surface area contributed by atoms with Crippen LogP contribution in [-0.2, 0) is 7.05 Å². The standard InChI is InChI=1S/C6H9N3O2S/c1-3-4(12-5(7)10)8-6(11)9(3)2/h1-2H3,(H2,7,10)(H,8,11). The molecule has 1 amide bonds. The third-order valence-electron chi connectivity index (χ3n) is 1.56. The summed E-state index contributed by atoms with van der Waals surface area (Å²) in [5.41, 5.74) is 5.42. The second kappa shape index (κ2) is 3.06. The summed E-state index contributed by atoms with van der Waals surface area (Å²) in [5.74, 6) is 0. The Morgan fingerprint density at radius 1 is 1.67 bits per heavy atom. The van der Waals surface area contributed by atoms with Gasteiger partial charge in [0.05, 0.1) is 0 Å². The SMILES string of the molecule is Cc1c(SC(N)=O)[nH]c(=O)n1C. The van der Waals surface area contributed by atoms with Crippen molar-refractivity contribution in [2.75, 3.05) is 0 Å². The van der Waals surface area contributed by atoms with E-state index in [-0.39, 0.29) is 5.69 Å². The van der Waals surface area contributed by atoms with E-state index < -0.39 is 5.24 Å². The van der Waals surface area contributed by atoms with Crippen LogP contribution in [0.5, 0.6) is 0 Å². The van der Waals surface area contributed by atoms with Crippen LogP contribution in [0.2, 0.25) is 0 Å². The first kappa shape index (κ1) is 8.92. The molecule has 0 atom stereocenters. The lowest BCUT2D eigenvalue weighted by Gasteiger charge is -1.94. The number of carbonyl (C=O) groups is 1. The molecule has 0 spiro atoms. The minimum Gasteiger partial charge on any atom is -0.360 e. The molecule has 66 valence electrons. The van der Waals surface area contributed by atoms with Gasteiger partial charge in [-0.1, -0.05) is 0 Å². The van der Waals surface area contributed by atoms with E-state index in [1.807, 2.05) is 0 Å². The maximum Gasteiger partial charge on any atom is 0.326 e. The van der Waals surface area contributed by atoms with Gasteiger partial charge in [0, 0.05) is 12.7 Å². The summed E-state index contributed by atoms with van der Waals surface area (Å²) in [6.07, 6.45) is 0. The van der Waals surface area contributed by atoms with Crippen molar-refractivity contribution in [1.82, 2.24) is 9.55 Å². The fourth-order valence-corrected chi connectivity index (χ4v) is 1.40. The van der Waals surface area contributed by atoms with Gasteiger partial charge in [-0.25, -0.2) is 4.79 Å². The van der Waals surface area contributed by atoms with E-state index in [0.29, 0.717) is 10.7 Å². The van der Waals surface area contributed by atoms with Crippen LogP contribution in [0.3, 0.4) is 0 Å². The van der Waals surface area contributed by atoms with Gasteiger partial charge in [0.2, 0.25) is 0 Å². The summed E-state index contributed by atoms with van der Waals surface area (Å²) < 4.78 is 1.42. The van der Waals surface area contributed by atoms with Crippen molar-refractivity contribution in [2.24, 2.45) is 12.8 Å². The largest absolute Gasteiger partial charge is 0.360 e. The van der Waals surface area contributed by atoms with Gasteiger partial charge in [0.1, 0.15) is 5.03 Å². The Labute approximate surface area is 73.0 Å². The molecule has 3 N–H and O–H groups in total. The average molecular weight is 187 g/mol. The number of aromatic nitrogens is 2. The highest BCUT2D eigenvalue weighted by Crippen LogP contribution is 2.16. The normalized spacial score (nSPS) is 10.2. The first-order valence-corrected chi connectivity index (χ1v) is 4.07. The molecule has 0 radical (unpaired) electrons. The van der Waals surface area contributed by atoms with Crippen molar-refractivity contribution in [1.29, 1.82) is 0 Å². The fourth-order valence-electron chi connectivity index (χ4n) is 0.776. The van der Waals surface area contributed by atoms with Gasteiger partial charge in [0.15, 0.2) is 0 Å². The van der Waals surface area contributed by atoms with Gasteiger partial charge < -0.3 is 10.7 Å². The minimum atomic E-state index is -0.528. The number of nitrogens with zero attached hydrogens (tertiary/aromatic N) is 1. The van der Waals surface area contributed by atoms with E-state index in [4.69, 9.17) is 5.73 Å². The molecule has 1 rings (SSSR count). The zero-order valence-electron chi connectivity index (χ0n) is 6.75. The van der Waals surface area contributed by atoms with Crippen molar-refractivity contribution < 1.29 is 4.79 Å². The second-order valence-electron chi connectivity index (χ2n) is 2.32. The molecule has 0 aliphatic rings. The molecule has 0 saturated heterocycles. The molecule has 5 nitrogen and oxygen atoms in total. The second-order valence-corrected chi connectivity index (χ2v) is 3.34. The molecular weight excluding hydrogens is 178 g/mol. The first-order valence-electron chi connectivity index (χ1n) is 3.25. The number of amides is 1. The predicted molar refractivity (Wildman–Crippen MR) is 46.2 cm³/mol. The van der Waals surface area contributed by atoms with Crippen molar-refractivity contribution >= 4 is 17.0 Å². The number of primary amides is 1. The monoisotopic (exact) mass is 187 g/mol. The summed E-state index contributed by atoms with van der Waals surface area (Å²) in [7, 11) is 1.62. The fraction of sp³-hybridized carbons (Fsp3) is 0.333. The molecule has 0 aromatic carbocycles. The van der Waals surface area contributed by atoms with Crippen molar-refractivity contribution in [2.45, 2.75) is 11.9 Å². The number of nitrogens with one attached hydrogen (secondary N) is 1. The summed E-state index contributed by atoms with van der Waals surface area (Å²) in [5, 5.41) is -0.0186. The van der Waals surface area contributed by atoms with Crippen LogP contribution in [0.1, 0.15) is 5.69 Å². The summed E-state index contributed by atoms with van der Waals surface area (Å²) in [4.78, 5) is 24.0. The maximum absolute atomic E-state index is 11.0. The highest BCUT2D eigenvalue weighted by Gasteiger charge is 2.09. The van der Waals surface area contributed by atoms with Crippen LogP contribution in [0.4, 0.5) is 4.79 Å². The zero-order valence-corrected chi connectivity index (χ0v) is 7.57. The van der Waals surface area contributed by atoms with Gasteiger partial charge in [-0.05, 0) is 18.7 Å². The Balaban J connectivity index is 3.09. The minimum absolute atomic E-state index is 0.240. The lowest BCUT2D eigenvalue weighted by Crippen LogP contribution is -2.12. The molecular formula is C6H9N3O2S. The molecule has 1 aromatic heterocycles. The van der Waals surface area contributed by atoms with E-state index in [0.717, 1.165) is 11.8 Å². The highest BCUT2D eigenvalue weighted by atomic mass is 32.2. The van der Waals surface area contributed by atoms with E-state index >= 15 is 0 Å². The molecule has 0 unspecified atom stereocenters. The number of carbonyl (C=O) groups excluding carboxylic acids is 1. The van der Waals surface area contributed by atoms with Crippen LogP contribution in [0.25, 0.3) is 0 Å². The number of hydrogen-bond acceptors (Lipinski definition) is 3. The number of hydrogen-bond donors (Lipinski definition) is 2. The summed E-state index contributed by atoms with van der Waals surface area (Å²) >= 11 is 0.823. The third-order valence-corrected chi connectivity index (χ3v) is 2.36. The lowest BCUT2D eigenvalue weighted by atomic mass is 10.5. The molecule has 0 saturated carbocycles. The van der Waals surface area contributed by atoms with E-state index in [1.54, 1.807) is 14.0 Å². The topological polar surface area (TPSA) is 80.9 Å². The Morgan fingerprint density at radius 3 is 2.58 bits per heavy atom. The van der Waals surface area contributed by atoms with Gasteiger partial charge in [0.25, 0.3) is 5.24 Å². The van der Waals surface area contributed by atoms with Gasteiger partial charge >= 0.3 is 5.69 Å². The number of nitrogens with two attached hydrogens (primary N) is 1. The van der Waals surface area contributed by atoms with Crippen molar-refractivity contribution in [3.05, 3.63) is 16.2 Å². The van der Waals surface area contributed by atoms with Gasteiger partial charge in [-0.15, -0.1) is 0 Å². The van der Waals surface area contributed by atoms with Gasteiger partial charge in [-0.2, -0.15) is 0 Å². The number of aromatic amines is 1. The predicted octanol–water partition coefficient (Wildman–Crippen LogP) is 0.193. The Kier molecular flexibility index (Phi) is 2.27. The number of imidazole rings is 1. The summed E-state index contributed by atoms with van der Waals surface area (Å²) in [6, 6.07) is 0. The number of H-pyrrole nitrogens is 1. The number of thioether (sulfide) groups is 1. The molecule has 1 heterocycles. The quantitative estimate of drug-likeness (QED) is 0.616.